The van der Waals surface area contributed by atoms with Gasteiger partial charge in [-0.05, 0) is 44.2 Å². The minimum Gasteiger partial charge on any atom is -0.459 e. The molecule has 1 aromatic rings. The normalized spacial score (nSPS) is 25.1. The van der Waals surface area contributed by atoms with E-state index < -0.39 is 0 Å². The van der Waals surface area contributed by atoms with E-state index >= 15 is 0 Å². The van der Waals surface area contributed by atoms with Gasteiger partial charge in [0.25, 0.3) is 5.91 Å². The highest BCUT2D eigenvalue weighted by Crippen LogP contribution is 2.36. The van der Waals surface area contributed by atoms with Gasteiger partial charge in [-0.2, -0.15) is 0 Å². The Morgan fingerprint density at radius 3 is 2.63 bits per heavy atom. The first-order chi connectivity index (χ1) is 13.2. The van der Waals surface area contributed by atoms with Gasteiger partial charge >= 0.3 is 0 Å². The highest BCUT2D eigenvalue weighted by molar-refractivity contribution is 5.91. The molecule has 3 aliphatic rings. The van der Waals surface area contributed by atoms with Crippen molar-refractivity contribution in [3.8, 4) is 0 Å². The summed E-state index contributed by atoms with van der Waals surface area (Å²) >= 11 is 0. The van der Waals surface area contributed by atoms with Gasteiger partial charge in [0, 0.05) is 39.2 Å². The molecular weight excluding hydrogens is 348 g/mol. The maximum absolute atomic E-state index is 12.4. The summed E-state index contributed by atoms with van der Waals surface area (Å²) in [5.41, 5.74) is -0.237. The molecule has 0 bridgehead atoms. The van der Waals surface area contributed by atoms with Crippen LogP contribution < -0.4 is 0 Å². The summed E-state index contributed by atoms with van der Waals surface area (Å²) in [5, 5.41) is 0. The molecule has 27 heavy (non-hydrogen) atoms. The first-order valence-electron chi connectivity index (χ1n) is 10.0. The molecule has 0 saturated carbocycles. The largest absolute Gasteiger partial charge is 0.459 e. The number of likely N-dealkylation sites (tertiary alicyclic amines) is 2. The molecule has 4 heterocycles. The number of carbonyl (C=O) groups excluding carboxylic acids is 2. The lowest BCUT2D eigenvalue weighted by Gasteiger charge is -2.45. The Bertz CT molecular complexity index is 645. The van der Waals surface area contributed by atoms with E-state index in [-0.39, 0.29) is 30.1 Å². The molecule has 3 aliphatic heterocycles. The lowest BCUT2D eigenvalue weighted by Crippen LogP contribution is -2.52. The number of furan rings is 1. The third kappa shape index (κ3) is 4.19. The van der Waals surface area contributed by atoms with E-state index in [2.05, 4.69) is 0 Å². The van der Waals surface area contributed by atoms with Crippen LogP contribution in [0.3, 0.4) is 0 Å². The third-order valence-electron chi connectivity index (χ3n) is 6.04. The predicted molar refractivity (Wildman–Crippen MR) is 97.3 cm³/mol. The quantitative estimate of drug-likeness (QED) is 0.804. The zero-order valence-corrected chi connectivity index (χ0v) is 15.7. The maximum atomic E-state index is 12.4. The van der Waals surface area contributed by atoms with Crippen molar-refractivity contribution in [2.75, 3.05) is 39.4 Å². The molecule has 7 heteroatoms. The number of nitrogens with zero attached hydrogens (tertiary/aromatic N) is 2. The molecule has 0 radical (unpaired) electrons. The molecule has 2 amide bonds. The summed E-state index contributed by atoms with van der Waals surface area (Å²) < 4.78 is 17.3. The Morgan fingerprint density at radius 2 is 1.93 bits per heavy atom. The Kier molecular flexibility index (Phi) is 5.50. The Hall–Kier alpha value is -1.86. The topological polar surface area (TPSA) is 72.2 Å². The average molecular weight is 376 g/mol. The summed E-state index contributed by atoms with van der Waals surface area (Å²) in [6.45, 7) is 3.84. The van der Waals surface area contributed by atoms with Crippen LogP contribution in [0.5, 0.6) is 0 Å². The summed E-state index contributed by atoms with van der Waals surface area (Å²) in [5.74, 6) is 0.429. The molecule has 0 N–H and O–H groups in total. The summed E-state index contributed by atoms with van der Waals surface area (Å²) in [7, 11) is 0. The van der Waals surface area contributed by atoms with Gasteiger partial charge in [-0.3, -0.25) is 9.59 Å². The highest BCUT2D eigenvalue weighted by Gasteiger charge is 2.42. The highest BCUT2D eigenvalue weighted by atomic mass is 16.5. The van der Waals surface area contributed by atoms with Crippen LogP contribution >= 0.6 is 0 Å². The van der Waals surface area contributed by atoms with Crippen molar-refractivity contribution in [3.05, 3.63) is 24.2 Å². The number of carbonyl (C=O) groups is 2. The van der Waals surface area contributed by atoms with E-state index in [4.69, 9.17) is 13.9 Å². The second-order valence-electron chi connectivity index (χ2n) is 7.81. The standard InChI is InChI=1S/C20H28N2O5/c23-18(21-8-1-2-9-21)15-26-16-5-13-27-20(14-16)6-10-22(11-7-20)19(24)17-4-3-12-25-17/h3-4,12,16H,1-2,5-11,13-15H2. The van der Waals surface area contributed by atoms with Gasteiger partial charge in [-0.15, -0.1) is 0 Å². The van der Waals surface area contributed by atoms with Crippen LogP contribution in [0.4, 0.5) is 0 Å². The van der Waals surface area contributed by atoms with Gasteiger partial charge in [0.15, 0.2) is 5.76 Å². The fourth-order valence-corrected chi connectivity index (χ4v) is 4.39. The SMILES string of the molecule is O=C(COC1CCOC2(CCN(C(=O)c3ccco3)CC2)C1)N1CCCC1. The van der Waals surface area contributed by atoms with Crippen LogP contribution in [0.15, 0.2) is 22.8 Å². The van der Waals surface area contributed by atoms with Crippen LogP contribution in [0.25, 0.3) is 0 Å². The number of ether oxygens (including phenoxy) is 2. The molecule has 1 aromatic heterocycles. The number of hydrogen-bond acceptors (Lipinski definition) is 5. The van der Waals surface area contributed by atoms with E-state index in [1.807, 2.05) is 9.80 Å². The molecule has 3 saturated heterocycles. The first kappa shape index (κ1) is 18.5. The first-order valence-corrected chi connectivity index (χ1v) is 10.0. The van der Waals surface area contributed by atoms with Crippen molar-refractivity contribution in [1.29, 1.82) is 0 Å². The van der Waals surface area contributed by atoms with Crippen molar-refractivity contribution < 1.29 is 23.5 Å². The molecule has 148 valence electrons. The predicted octanol–water partition coefficient (Wildman–Crippen LogP) is 2.07. The number of rotatable bonds is 4. The monoisotopic (exact) mass is 376 g/mol. The zero-order valence-electron chi connectivity index (χ0n) is 15.7. The molecular formula is C20H28N2O5. The van der Waals surface area contributed by atoms with Crippen molar-refractivity contribution in [2.45, 2.75) is 50.2 Å². The summed E-state index contributed by atoms with van der Waals surface area (Å²) in [6.07, 6.45) is 6.97. The van der Waals surface area contributed by atoms with Gasteiger partial charge in [0.1, 0.15) is 6.61 Å². The minimum atomic E-state index is -0.237. The second-order valence-corrected chi connectivity index (χ2v) is 7.81. The van der Waals surface area contributed by atoms with E-state index in [1.54, 1.807) is 12.1 Å². The third-order valence-corrected chi connectivity index (χ3v) is 6.04. The van der Waals surface area contributed by atoms with Gasteiger partial charge in [0.05, 0.1) is 18.0 Å². The molecule has 0 aliphatic carbocycles. The van der Waals surface area contributed by atoms with Crippen molar-refractivity contribution in [2.24, 2.45) is 0 Å². The summed E-state index contributed by atoms with van der Waals surface area (Å²) in [4.78, 5) is 28.4. The lowest BCUT2D eigenvalue weighted by atomic mass is 9.83. The van der Waals surface area contributed by atoms with Crippen LogP contribution in [0.1, 0.15) is 49.1 Å². The minimum absolute atomic E-state index is 0.0534. The van der Waals surface area contributed by atoms with E-state index in [0.717, 1.165) is 51.6 Å². The molecule has 1 unspecified atom stereocenters. The number of hydrogen-bond donors (Lipinski definition) is 0. The molecule has 4 rings (SSSR count). The lowest BCUT2D eigenvalue weighted by molar-refractivity contribution is -0.161. The van der Waals surface area contributed by atoms with Crippen LogP contribution in [-0.2, 0) is 14.3 Å². The Labute approximate surface area is 159 Å². The van der Waals surface area contributed by atoms with Crippen molar-refractivity contribution in [3.63, 3.8) is 0 Å². The molecule has 1 spiro atoms. The average Bonchev–Trinajstić information content (AvgIpc) is 3.40. The smallest absolute Gasteiger partial charge is 0.289 e. The molecule has 7 nitrogen and oxygen atoms in total. The van der Waals surface area contributed by atoms with E-state index in [1.165, 1.54) is 6.26 Å². The van der Waals surface area contributed by atoms with Crippen molar-refractivity contribution in [1.82, 2.24) is 9.80 Å². The van der Waals surface area contributed by atoms with E-state index in [9.17, 15) is 9.59 Å². The van der Waals surface area contributed by atoms with Crippen LogP contribution in [-0.4, -0.2) is 72.7 Å². The molecule has 0 aromatic carbocycles. The fourth-order valence-electron chi connectivity index (χ4n) is 4.39. The Morgan fingerprint density at radius 1 is 1.15 bits per heavy atom. The molecule has 1 atom stereocenters. The molecule has 3 fully saturated rings. The fraction of sp³-hybridized carbons (Fsp3) is 0.700. The van der Waals surface area contributed by atoms with Gasteiger partial charge in [-0.1, -0.05) is 0 Å². The number of piperidine rings is 1. The van der Waals surface area contributed by atoms with Gasteiger partial charge in [-0.25, -0.2) is 0 Å². The zero-order chi connectivity index (χ0) is 18.7. The maximum Gasteiger partial charge on any atom is 0.289 e. The van der Waals surface area contributed by atoms with Crippen molar-refractivity contribution >= 4 is 11.8 Å². The second kappa shape index (κ2) is 8.02. The van der Waals surface area contributed by atoms with Crippen LogP contribution in [0.2, 0.25) is 0 Å². The van der Waals surface area contributed by atoms with Gasteiger partial charge < -0.3 is 23.7 Å². The number of amides is 2. The van der Waals surface area contributed by atoms with Gasteiger partial charge in [0.2, 0.25) is 5.91 Å². The Balaban J connectivity index is 1.27. The van der Waals surface area contributed by atoms with E-state index in [0.29, 0.717) is 25.5 Å². The summed E-state index contributed by atoms with van der Waals surface area (Å²) in [6, 6.07) is 3.43. The van der Waals surface area contributed by atoms with Crippen LogP contribution in [0, 0.1) is 0 Å².